The molecular formula is C16H20N4O2S2. The van der Waals surface area contributed by atoms with Crippen LogP contribution in [0.4, 0.5) is 0 Å². The van der Waals surface area contributed by atoms with E-state index in [0.29, 0.717) is 23.9 Å². The topological polar surface area (TPSA) is 80.1 Å². The minimum absolute atomic E-state index is 0.0817. The minimum Gasteiger partial charge on any atom is -0.338 e. The zero-order valence-corrected chi connectivity index (χ0v) is 15.2. The van der Waals surface area contributed by atoms with Gasteiger partial charge in [0.2, 0.25) is 17.6 Å². The maximum atomic E-state index is 11.7. The van der Waals surface area contributed by atoms with Gasteiger partial charge in [-0.05, 0) is 36.9 Å². The van der Waals surface area contributed by atoms with Crippen LogP contribution in [0.5, 0.6) is 0 Å². The Bertz CT molecular complexity index is 690. The van der Waals surface area contributed by atoms with Crippen molar-refractivity contribution in [2.45, 2.75) is 42.0 Å². The highest BCUT2D eigenvalue weighted by molar-refractivity contribution is 7.99. The molecule has 0 spiro atoms. The van der Waals surface area contributed by atoms with Crippen LogP contribution < -0.4 is 10.6 Å². The number of carbonyl (C=O) groups excluding carboxylic acids is 1. The molecule has 8 heteroatoms. The number of hydrogen-bond donors (Lipinski definition) is 2. The average molecular weight is 364 g/mol. The van der Waals surface area contributed by atoms with Crippen LogP contribution in [0.15, 0.2) is 33.7 Å². The van der Waals surface area contributed by atoms with Gasteiger partial charge < -0.3 is 9.84 Å². The van der Waals surface area contributed by atoms with E-state index >= 15 is 0 Å². The number of aromatic nitrogens is 2. The van der Waals surface area contributed by atoms with Crippen molar-refractivity contribution in [1.82, 2.24) is 20.8 Å². The molecule has 1 fully saturated rings. The molecule has 0 radical (unpaired) electrons. The van der Waals surface area contributed by atoms with Crippen LogP contribution >= 0.6 is 23.5 Å². The van der Waals surface area contributed by atoms with E-state index in [-0.39, 0.29) is 17.4 Å². The Morgan fingerprint density at radius 3 is 2.83 bits per heavy atom. The molecule has 0 aliphatic carbocycles. The molecule has 24 heavy (non-hydrogen) atoms. The van der Waals surface area contributed by atoms with Crippen LogP contribution in [0, 0.1) is 0 Å². The summed E-state index contributed by atoms with van der Waals surface area (Å²) < 4.78 is 5.32. The van der Waals surface area contributed by atoms with Crippen molar-refractivity contribution in [2.75, 3.05) is 6.26 Å². The monoisotopic (exact) mass is 364 g/mol. The van der Waals surface area contributed by atoms with Crippen LogP contribution in [-0.2, 0) is 10.5 Å². The Labute approximate surface area is 149 Å². The lowest BCUT2D eigenvalue weighted by Gasteiger charge is -2.30. The number of amides is 1. The number of nitrogens with zero attached hydrogens (tertiary/aromatic N) is 2. The summed E-state index contributed by atoms with van der Waals surface area (Å²) in [5.74, 6) is 1.77. The second kappa shape index (κ2) is 8.04. The summed E-state index contributed by atoms with van der Waals surface area (Å²) in [4.78, 5) is 17.3. The molecule has 2 unspecified atom stereocenters. The van der Waals surface area contributed by atoms with Gasteiger partial charge in [-0.2, -0.15) is 4.98 Å². The van der Waals surface area contributed by atoms with Crippen LogP contribution in [0.2, 0.25) is 0 Å². The standard InChI is InChI=1S/C16H20N4O2S2/c1-3-11-8-13(21)18-16(17-11)24-9-14-19-15(20-22-14)10-4-6-12(23-2)7-5-10/h4-7,11,16-17H,3,8-9H2,1-2H3,(H,18,21). The molecule has 0 bridgehead atoms. The molecule has 1 amide bonds. The number of nitrogens with one attached hydrogen (secondary N) is 2. The number of thioether (sulfide) groups is 2. The first-order chi connectivity index (χ1) is 11.7. The molecule has 1 aromatic heterocycles. The molecule has 1 saturated heterocycles. The first-order valence-electron chi connectivity index (χ1n) is 7.82. The molecule has 3 rings (SSSR count). The van der Waals surface area contributed by atoms with Crippen LogP contribution in [0.1, 0.15) is 25.7 Å². The summed E-state index contributed by atoms with van der Waals surface area (Å²) in [6, 6.07) is 8.28. The number of hydrogen-bond acceptors (Lipinski definition) is 7. The van der Waals surface area contributed by atoms with Crippen LogP contribution in [0.3, 0.4) is 0 Å². The fourth-order valence-corrected chi connectivity index (χ4v) is 3.76. The maximum absolute atomic E-state index is 11.7. The Morgan fingerprint density at radius 1 is 1.33 bits per heavy atom. The highest BCUT2D eigenvalue weighted by Gasteiger charge is 2.25. The fraction of sp³-hybridized carbons (Fsp3) is 0.438. The molecular weight excluding hydrogens is 344 g/mol. The molecule has 2 atom stereocenters. The zero-order valence-electron chi connectivity index (χ0n) is 13.6. The summed E-state index contributed by atoms with van der Waals surface area (Å²) in [5.41, 5.74) is 0.815. The van der Waals surface area contributed by atoms with Crippen molar-refractivity contribution in [3.63, 3.8) is 0 Å². The molecule has 0 saturated carbocycles. The van der Waals surface area contributed by atoms with E-state index in [0.717, 1.165) is 12.0 Å². The molecule has 1 aromatic carbocycles. The summed E-state index contributed by atoms with van der Waals surface area (Å²) in [6.45, 7) is 2.07. The molecule has 2 heterocycles. The van der Waals surface area contributed by atoms with Crippen molar-refractivity contribution >= 4 is 29.4 Å². The van der Waals surface area contributed by atoms with Gasteiger partial charge in [-0.3, -0.25) is 10.1 Å². The maximum Gasteiger partial charge on any atom is 0.237 e. The fourth-order valence-electron chi connectivity index (χ4n) is 2.42. The lowest BCUT2D eigenvalue weighted by Crippen LogP contribution is -2.54. The lowest BCUT2D eigenvalue weighted by atomic mass is 10.1. The van der Waals surface area contributed by atoms with Crippen molar-refractivity contribution in [3.05, 3.63) is 30.2 Å². The predicted molar refractivity (Wildman–Crippen MR) is 96.6 cm³/mol. The Hall–Kier alpha value is -1.51. The lowest BCUT2D eigenvalue weighted by molar-refractivity contribution is -0.123. The van der Waals surface area contributed by atoms with Gasteiger partial charge in [-0.15, -0.1) is 23.5 Å². The van der Waals surface area contributed by atoms with E-state index in [1.54, 1.807) is 23.5 Å². The summed E-state index contributed by atoms with van der Waals surface area (Å²) >= 11 is 3.24. The van der Waals surface area contributed by atoms with Crippen molar-refractivity contribution < 1.29 is 9.32 Å². The van der Waals surface area contributed by atoms with Gasteiger partial charge in [0, 0.05) is 22.9 Å². The van der Waals surface area contributed by atoms with Gasteiger partial charge in [0.25, 0.3) is 0 Å². The Morgan fingerprint density at radius 2 is 2.12 bits per heavy atom. The van der Waals surface area contributed by atoms with Gasteiger partial charge in [-0.1, -0.05) is 12.1 Å². The summed E-state index contributed by atoms with van der Waals surface area (Å²) in [6.07, 6.45) is 3.51. The quantitative estimate of drug-likeness (QED) is 0.763. The zero-order chi connectivity index (χ0) is 16.9. The third-order valence-corrected chi connectivity index (χ3v) is 5.54. The van der Waals surface area contributed by atoms with Gasteiger partial charge >= 0.3 is 0 Å². The van der Waals surface area contributed by atoms with Gasteiger partial charge in [0.05, 0.1) is 5.75 Å². The second-order valence-electron chi connectivity index (χ2n) is 5.47. The average Bonchev–Trinajstić information content (AvgIpc) is 3.08. The third kappa shape index (κ3) is 4.31. The van der Waals surface area contributed by atoms with E-state index < -0.39 is 0 Å². The SMILES string of the molecule is CCC1CC(=O)NC(SCc2nc(-c3ccc(SC)cc3)no2)N1. The molecule has 1 aliphatic rings. The summed E-state index contributed by atoms with van der Waals surface area (Å²) in [7, 11) is 0. The smallest absolute Gasteiger partial charge is 0.237 e. The van der Waals surface area contributed by atoms with Gasteiger partial charge in [-0.25, -0.2) is 0 Å². The van der Waals surface area contributed by atoms with E-state index in [1.807, 2.05) is 30.5 Å². The highest BCUT2D eigenvalue weighted by Crippen LogP contribution is 2.23. The molecule has 1 aliphatic heterocycles. The molecule has 2 N–H and O–H groups in total. The van der Waals surface area contributed by atoms with Crippen molar-refractivity contribution in [3.8, 4) is 11.4 Å². The molecule has 128 valence electrons. The normalized spacial score (nSPS) is 20.8. The Kier molecular flexibility index (Phi) is 5.80. The highest BCUT2D eigenvalue weighted by atomic mass is 32.2. The van der Waals surface area contributed by atoms with Crippen molar-refractivity contribution in [1.29, 1.82) is 0 Å². The number of rotatable bonds is 6. The molecule has 6 nitrogen and oxygen atoms in total. The Balaban J connectivity index is 1.58. The van der Waals surface area contributed by atoms with E-state index in [9.17, 15) is 4.79 Å². The van der Waals surface area contributed by atoms with Crippen molar-refractivity contribution in [2.24, 2.45) is 0 Å². The van der Waals surface area contributed by atoms with E-state index in [2.05, 4.69) is 27.7 Å². The van der Waals surface area contributed by atoms with Gasteiger partial charge in [0.1, 0.15) is 5.50 Å². The minimum atomic E-state index is -0.118. The van der Waals surface area contributed by atoms with Crippen LogP contribution in [-0.4, -0.2) is 33.8 Å². The number of carbonyl (C=O) groups is 1. The predicted octanol–water partition coefficient (Wildman–Crippen LogP) is 2.86. The summed E-state index contributed by atoms with van der Waals surface area (Å²) in [5, 5.41) is 10.4. The van der Waals surface area contributed by atoms with E-state index in [4.69, 9.17) is 4.52 Å². The first kappa shape index (κ1) is 17.3. The third-order valence-electron chi connectivity index (χ3n) is 3.79. The first-order valence-corrected chi connectivity index (χ1v) is 10.1. The van der Waals surface area contributed by atoms with E-state index in [1.165, 1.54) is 4.90 Å². The number of benzene rings is 1. The second-order valence-corrected chi connectivity index (χ2v) is 7.45. The van der Waals surface area contributed by atoms with Crippen LogP contribution in [0.25, 0.3) is 11.4 Å². The van der Waals surface area contributed by atoms with Gasteiger partial charge in [0.15, 0.2) is 0 Å². The largest absolute Gasteiger partial charge is 0.338 e. The molecule has 2 aromatic rings.